The molecule has 0 spiro atoms. The Hall–Kier alpha value is -1.88. The Morgan fingerprint density at radius 3 is 2.56 bits per heavy atom. The second-order valence-electron chi connectivity index (χ2n) is 4.01. The third-order valence-electron chi connectivity index (χ3n) is 2.82. The summed E-state index contributed by atoms with van der Waals surface area (Å²) in [6, 6.07) is 9.71. The normalized spacial score (nSPS) is 16.5. The Labute approximate surface area is 106 Å². The molecule has 0 radical (unpaired) electrons. The van der Waals surface area contributed by atoms with Crippen molar-refractivity contribution in [2.45, 2.75) is 0 Å². The highest BCUT2D eigenvalue weighted by molar-refractivity contribution is 6.03. The number of benzene rings is 1. The number of nitrogens with zero attached hydrogens (tertiary/aromatic N) is 2. The first-order valence-electron chi connectivity index (χ1n) is 5.99. The molecule has 1 heterocycles. The van der Waals surface area contributed by atoms with Gasteiger partial charge in [0, 0.05) is 31.7 Å². The van der Waals surface area contributed by atoms with Crippen LogP contribution in [0.3, 0.4) is 0 Å². The van der Waals surface area contributed by atoms with Gasteiger partial charge in [0.1, 0.15) is 5.84 Å². The molecule has 0 aromatic heterocycles. The summed E-state index contributed by atoms with van der Waals surface area (Å²) in [6.07, 6.45) is -0.563. The van der Waals surface area contributed by atoms with Gasteiger partial charge in [-0.05, 0) is 0 Å². The first kappa shape index (κ1) is 12.6. The molecular formula is C13H17N3O2. The van der Waals surface area contributed by atoms with Gasteiger partial charge in [-0.3, -0.25) is 0 Å². The number of amides is 1. The quantitative estimate of drug-likeness (QED) is 0.596. The van der Waals surface area contributed by atoms with Gasteiger partial charge < -0.3 is 15.0 Å². The Kier molecular flexibility index (Phi) is 4.30. The smallest absolute Gasteiger partial charge is 0.435 e. The van der Waals surface area contributed by atoms with Crippen molar-refractivity contribution in [2.24, 2.45) is 4.99 Å². The molecule has 0 unspecified atom stereocenters. The van der Waals surface area contributed by atoms with E-state index < -0.39 is 6.09 Å². The minimum absolute atomic E-state index is 0.563. The van der Waals surface area contributed by atoms with Crippen molar-refractivity contribution in [3.05, 3.63) is 35.9 Å². The predicted molar refractivity (Wildman–Crippen MR) is 69.8 cm³/mol. The molecule has 96 valence electrons. The maximum atomic E-state index is 11.4. The number of carbonyl (C=O) groups is 1. The molecule has 0 atom stereocenters. The minimum Gasteiger partial charge on any atom is -0.451 e. The van der Waals surface area contributed by atoms with E-state index in [1.54, 1.807) is 0 Å². The standard InChI is InChI=1S/C13H17N3O2/c1-18-13(17)15-12(11-5-3-2-4-6-11)16-9-7-14-8-10-16/h2-6,14H,7-10H2,1H3. The van der Waals surface area contributed by atoms with Gasteiger partial charge in [0.05, 0.1) is 7.11 Å². The fraction of sp³-hybridized carbons (Fsp3) is 0.385. The summed E-state index contributed by atoms with van der Waals surface area (Å²) in [5.74, 6) is 0.684. The number of amidine groups is 1. The molecule has 1 aromatic rings. The van der Waals surface area contributed by atoms with Gasteiger partial charge in [0.2, 0.25) is 0 Å². The van der Waals surface area contributed by atoms with E-state index in [1.165, 1.54) is 7.11 Å². The summed E-state index contributed by atoms with van der Waals surface area (Å²) in [7, 11) is 1.34. The number of hydrogen-bond acceptors (Lipinski definition) is 3. The molecule has 5 nitrogen and oxygen atoms in total. The van der Waals surface area contributed by atoms with E-state index >= 15 is 0 Å². The van der Waals surface area contributed by atoms with Crippen molar-refractivity contribution in [3.8, 4) is 0 Å². The molecule has 1 N–H and O–H groups in total. The molecule has 1 aliphatic heterocycles. The second-order valence-corrected chi connectivity index (χ2v) is 4.01. The molecule has 1 aliphatic rings. The Morgan fingerprint density at radius 2 is 1.94 bits per heavy atom. The lowest BCUT2D eigenvalue weighted by molar-refractivity contribution is 0.182. The number of nitrogens with one attached hydrogen (secondary N) is 1. The van der Waals surface area contributed by atoms with Gasteiger partial charge in [-0.15, -0.1) is 0 Å². The van der Waals surface area contributed by atoms with Gasteiger partial charge in [0.15, 0.2) is 0 Å². The zero-order valence-corrected chi connectivity index (χ0v) is 10.4. The third kappa shape index (κ3) is 3.07. The Balaban J connectivity index is 2.28. The van der Waals surface area contributed by atoms with Crippen LogP contribution in [0.15, 0.2) is 35.3 Å². The first-order chi connectivity index (χ1) is 8.81. The van der Waals surface area contributed by atoms with Gasteiger partial charge in [-0.1, -0.05) is 30.3 Å². The first-order valence-corrected chi connectivity index (χ1v) is 5.99. The molecule has 1 amide bonds. The molecule has 1 aromatic carbocycles. The van der Waals surface area contributed by atoms with Crippen molar-refractivity contribution in [2.75, 3.05) is 33.3 Å². The zero-order valence-electron chi connectivity index (χ0n) is 10.4. The van der Waals surface area contributed by atoms with E-state index in [0.29, 0.717) is 5.84 Å². The van der Waals surface area contributed by atoms with Crippen LogP contribution in [-0.4, -0.2) is 50.1 Å². The van der Waals surface area contributed by atoms with Crippen molar-refractivity contribution < 1.29 is 9.53 Å². The van der Waals surface area contributed by atoms with Crippen LogP contribution in [0.4, 0.5) is 4.79 Å². The molecule has 0 aliphatic carbocycles. The summed E-state index contributed by atoms with van der Waals surface area (Å²) < 4.78 is 4.62. The molecule has 1 saturated heterocycles. The van der Waals surface area contributed by atoms with Gasteiger partial charge in [-0.25, -0.2) is 4.79 Å². The topological polar surface area (TPSA) is 53.9 Å². The van der Waals surface area contributed by atoms with Crippen LogP contribution in [-0.2, 0) is 4.74 Å². The number of aliphatic imine (C=N–C) groups is 1. The number of piperazine rings is 1. The summed E-state index contributed by atoms with van der Waals surface area (Å²) in [5.41, 5.74) is 0.935. The Morgan fingerprint density at radius 1 is 1.28 bits per heavy atom. The van der Waals surface area contributed by atoms with Crippen molar-refractivity contribution in [3.63, 3.8) is 0 Å². The number of hydrogen-bond donors (Lipinski definition) is 1. The molecule has 0 saturated carbocycles. The Bertz CT molecular complexity index is 425. The molecule has 18 heavy (non-hydrogen) atoms. The average molecular weight is 247 g/mol. The molecule has 5 heteroatoms. The van der Waals surface area contributed by atoms with Crippen molar-refractivity contribution in [1.29, 1.82) is 0 Å². The number of carbonyl (C=O) groups excluding carboxylic acids is 1. The van der Waals surface area contributed by atoms with Crippen LogP contribution in [0.25, 0.3) is 0 Å². The van der Waals surface area contributed by atoms with E-state index in [0.717, 1.165) is 31.7 Å². The fourth-order valence-electron chi connectivity index (χ4n) is 1.91. The number of methoxy groups -OCH3 is 1. The lowest BCUT2D eigenvalue weighted by Crippen LogP contribution is -2.47. The molecule has 2 rings (SSSR count). The van der Waals surface area contributed by atoms with E-state index in [2.05, 4.69) is 19.9 Å². The lowest BCUT2D eigenvalue weighted by Gasteiger charge is -2.30. The van der Waals surface area contributed by atoms with E-state index in [9.17, 15) is 4.79 Å². The maximum absolute atomic E-state index is 11.4. The zero-order chi connectivity index (χ0) is 12.8. The fourth-order valence-corrected chi connectivity index (χ4v) is 1.91. The minimum atomic E-state index is -0.563. The highest BCUT2D eigenvalue weighted by atomic mass is 16.5. The predicted octanol–water partition coefficient (Wildman–Crippen LogP) is 1.10. The van der Waals surface area contributed by atoms with Crippen molar-refractivity contribution in [1.82, 2.24) is 10.2 Å². The largest absolute Gasteiger partial charge is 0.451 e. The second kappa shape index (κ2) is 6.16. The maximum Gasteiger partial charge on any atom is 0.435 e. The summed E-state index contributed by atoms with van der Waals surface area (Å²) >= 11 is 0. The van der Waals surface area contributed by atoms with Crippen LogP contribution < -0.4 is 5.32 Å². The summed E-state index contributed by atoms with van der Waals surface area (Å²) in [4.78, 5) is 17.5. The van der Waals surface area contributed by atoms with Crippen LogP contribution in [0, 0.1) is 0 Å². The van der Waals surface area contributed by atoms with Gasteiger partial charge in [-0.2, -0.15) is 4.99 Å². The van der Waals surface area contributed by atoms with Crippen LogP contribution in [0.5, 0.6) is 0 Å². The SMILES string of the molecule is COC(=O)N=C(c1ccccc1)N1CCNCC1. The third-order valence-corrected chi connectivity index (χ3v) is 2.82. The highest BCUT2D eigenvalue weighted by Crippen LogP contribution is 2.08. The van der Waals surface area contributed by atoms with Crippen LogP contribution in [0.2, 0.25) is 0 Å². The molecule has 1 fully saturated rings. The lowest BCUT2D eigenvalue weighted by atomic mass is 10.2. The highest BCUT2D eigenvalue weighted by Gasteiger charge is 2.17. The van der Waals surface area contributed by atoms with Crippen LogP contribution in [0.1, 0.15) is 5.56 Å². The molecule has 0 bridgehead atoms. The van der Waals surface area contributed by atoms with E-state index in [-0.39, 0.29) is 0 Å². The van der Waals surface area contributed by atoms with Gasteiger partial charge >= 0.3 is 6.09 Å². The number of rotatable bonds is 1. The summed E-state index contributed by atoms with van der Waals surface area (Å²) in [5, 5.41) is 3.28. The van der Waals surface area contributed by atoms with Gasteiger partial charge in [0.25, 0.3) is 0 Å². The van der Waals surface area contributed by atoms with Crippen molar-refractivity contribution >= 4 is 11.9 Å². The average Bonchev–Trinajstić information content (AvgIpc) is 2.46. The number of ether oxygens (including phenoxy) is 1. The van der Waals surface area contributed by atoms with E-state index in [1.807, 2.05) is 30.3 Å². The van der Waals surface area contributed by atoms with Crippen LogP contribution >= 0.6 is 0 Å². The van der Waals surface area contributed by atoms with E-state index in [4.69, 9.17) is 0 Å². The monoisotopic (exact) mass is 247 g/mol. The summed E-state index contributed by atoms with van der Waals surface area (Å²) in [6.45, 7) is 3.47. The molecular weight excluding hydrogens is 230 g/mol.